The first-order valence-corrected chi connectivity index (χ1v) is 6.05. The molecule has 2 heterocycles. The molecule has 1 aromatic rings. The second-order valence-electron chi connectivity index (χ2n) is 4.28. The van der Waals surface area contributed by atoms with Crippen LogP contribution in [0.4, 0.5) is 5.82 Å². The molecule has 0 radical (unpaired) electrons. The van der Waals surface area contributed by atoms with Crippen molar-refractivity contribution in [3.63, 3.8) is 0 Å². The Morgan fingerprint density at radius 2 is 2.47 bits per heavy atom. The van der Waals surface area contributed by atoms with Crippen LogP contribution in [0.2, 0.25) is 5.28 Å². The van der Waals surface area contributed by atoms with Crippen molar-refractivity contribution < 1.29 is 4.79 Å². The van der Waals surface area contributed by atoms with Gasteiger partial charge in [-0.2, -0.15) is 0 Å². The van der Waals surface area contributed by atoms with E-state index in [4.69, 9.17) is 11.6 Å². The van der Waals surface area contributed by atoms with E-state index in [1.54, 1.807) is 6.07 Å². The van der Waals surface area contributed by atoms with E-state index in [0.29, 0.717) is 11.7 Å². The fourth-order valence-corrected chi connectivity index (χ4v) is 2.17. The van der Waals surface area contributed by atoms with Gasteiger partial charge < -0.3 is 10.6 Å². The van der Waals surface area contributed by atoms with Gasteiger partial charge in [0.05, 0.1) is 0 Å². The van der Waals surface area contributed by atoms with E-state index in [-0.39, 0.29) is 17.1 Å². The van der Waals surface area contributed by atoms with E-state index in [1.165, 1.54) is 6.20 Å². The van der Waals surface area contributed by atoms with Gasteiger partial charge in [-0.15, -0.1) is 0 Å². The number of carbonyl (C=O) groups is 1. The minimum absolute atomic E-state index is 0.00812. The number of anilines is 1. The van der Waals surface area contributed by atoms with Crippen molar-refractivity contribution in [3.05, 3.63) is 17.5 Å². The first kappa shape index (κ1) is 12.3. The molecule has 0 aliphatic carbocycles. The van der Waals surface area contributed by atoms with Gasteiger partial charge in [0.25, 0.3) is 0 Å². The van der Waals surface area contributed by atoms with E-state index >= 15 is 0 Å². The third-order valence-corrected chi connectivity index (χ3v) is 3.18. The summed E-state index contributed by atoms with van der Waals surface area (Å²) in [6, 6.07) is 1.63. The smallest absolute Gasteiger partial charge is 0.229 e. The lowest BCUT2D eigenvalue weighted by molar-refractivity contribution is -0.122. The molecule has 1 saturated heterocycles. The van der Waals surface area contributed by atoms with E-state index < -0.39 is 0 Å². The predicted molar refractivity (Wildman–Crippen MR) is 65.8 cm³/mol. The summed E-state index contributed by atoms with van der Waals surface area (Å²) in [5, 5.41) is 6.19. The van der Waals surface area contributed by atoms with Gasteiger partial charge in [0, 0.05) is 12.1 Å². The molecule has 92 valence electrons. The highest BCUT2D eigenvalue weighted by Crippen LogP contribution is 2.20. The van der Waals surface area contributed by atoms with Gasteiger partial charge in [-0.1, -0.05) is 6.92 Å². The number of hydrogen-bond acceptors (Lipinski definition) is 4. The van der Waals surface area contributed by atoms with E-state index in [0.717, 1.165) is 19.5 Å². The fraction of sp³-hybridized carbons (Fsp3) is 0.545. The van der Waals surface area contributed by atoms with Gasteiger partial charge in [-0.3, -0.25) is 4.79 Å². The highest BCUT2D eigenvalue weighted by Gasteiger charge is 2.27. The summed E-state index contributed by atoms with van der Waals surface area (Å²) >= 11 is 5.66. The van der Waals surface area contributed by atoms with Crippen LogP contribution in [0.25, 0.3) is 0 Å². The van der Waals surface area contributed by atoms with Crippen molar-refractivity contribution in [1.82, 2.24) is 15.3 Å². The maximum absolute atomic E-state index is 12.0. The summed E-state index contributed by atoms with van der Waals surface area (Å²) in [7, 11) is 0. The second-order valence-corrected chi connectivity index (χ2v) is 4.61. The molecular weight excluding hydrogens is 240 g/mol. The average molecular weight is 255 g/mol. The summed E-state index contributed by atoms with van der Waals surface area (Å²) in [6.07, 6.45) is 2.38. The number of piperidine rings is 1. The molecule has 1 aliphatic heterocycles. The van der Waals surface area contributed by atoms with Gasteiger partial charge in [-0.25, -0.2) is 9.97 Å². The Hall–Kier alpha value is -1.20. The van der Waals surface area contributed by atoms with E-state index in [2.05, 4.69) is 27.5 Å². The highest BCUT2D eigenvalue weighted by atomic mass is 35.5. The Kier molecular flexibility index (Phi) is 3.91. The van der Waals surface area contributed by atoms with Gasteiger partial charge in [-0.05, 0) is 43.1 Å². The maximum Gasteiger partial charge on any atom is 0.229 e. The predicted octanol–water partition coefficient (Wildman–Crippen LogP) is 1.31. The monoisotopic (exact) mass is 254 g/mol. The SMILES string of the molecule is CC1CNCCC1C(=O)Nc1ccnc(Cl)n1. The van der Waals surface area contributed by atoms with Crippen molar-refractivity contribution in [2.75, 3.05) is 18.4 Å². The van der Waals surface area contributed by atoms with Crippen LogP contribution in [0.5, 0.6) is 0 Å². The highest BCUT2D eigenvalue weighted by molar-refractivity contribution is 6.28. The molecule has 1 aliphatic rings. The molecule has 2 rings (SSSR count). The minimum Gasteiger partial charge on any atom is -0.316 e. The number of aromatic nitrogens is 2. The van der Waals surface area contributed by atoms with Crippen molar-refractivity contribution in [2.45, 2.75) is 13.3 Å². The summed E-state index contributed by atoms with van der Waals surface area (Å²) < 4.78 is 0. The van der Waals surface area contributed by atoms with Crippen LogP contribution in [-0.4, -0.2) is 29.0 Å². The molecule has 0 bridgehead atoms. The summed E-state index contributed by atoms with van der Waals surface area (Å²) in [5.74, 6) is 0.834. The number of rotatable bonds is 2. The lowest BCUT2D eigenvalue weighted by Crippen LogP contribution is -2.41. The van der Waals surface area contributed by atoms with Crippen molar-refractivity contribution in [1.29, 1.82) is 0 Å². The van der Waals surface area contributed by atoms with Gasteiger partial charge in [0.15, 0.2) is 0 Å². The molecule has 17 heavy (non-hydrogen) atoms. The zero-order chi connectivity index (χ0) is 12.3. The Morgan fingerprint density at radius 1 is 1.65 bits per heavy atom. The van der Waals surface area contributed by atoms with Crippen LogP contribution in [0, 0.1) is 11.8 Å². The standard InChI is InChI=1S/C11H15ClN4O/c1-7-6-13-4-2-8(7)10(17)15-9-3-5-14-11(12)16-9/h3,5,7-8,13H,2,4,6H2,1H3,(H,14,15,16,17). The number of nitrogens with zero attached hydrogens (tertiary/aromatic N) is 2. The third-order valence-electron chi connectivity index (χ3n) is 3.00. The van der Waals surface area contributed by atoms with Crippen LogP contribution in [0.3, 0.4) is 0 Å². The zero-order valence-electron chi connectivity index (χ0n) is 9.61. The normalized spacial score (nSPS) is 24.4. The quantitative estimate of drug-likeness (QED) is 0.781. The maximum atomic E-state index is 12.0. The molecule has 0 aromatic carbocycles. The van der Waals surface area contributed by atoms with E-state index in [9.17, 15) is 4.79 Å². The Morgan fingerprint density at radius 3 is 3.18 bits per heavy atom. The Bertz CT molecular complexity index is 412. The lowest BCUT2D eigenvalue weighted by atomic mass is 9.87. The molecule has 0 spiro atoms. The summed E-state index contributed by atoms with van der Waals surface area (Å²) in [6.45, 7) is 3.83. The van der Waals surface area contributed by atoms with Crippen molar-refractivity contribution in [3.8, 4) is 0 Å². The molecule has 0 saturated carbocycles. The van der Waals surface area contributed by atoms with Crippen molar-refractivity contribution >= 4 is 23.3 Å². The Labute approximate surface area is 105 Å². The topological polar surface area (TPSA) is 66.9 Å². The Balaban J connectivity index is 2.01. The minimum atomic E-state index is 0.00812. The molecule has 5 nitrogen and oxygen atoms in total. The van der Waals surface area contributed by atoms with Crippen molar-refractivity contribution in [2.24, 2.45) is 11.8 Å². The first-order valence-electron chi connectivity index (χ1n) is 5.67. The molecule has 2 atom stereocenters. The number of halogens is 1. The zero-order valence-corrected chi connectivity index (χ0v) is 10.4. The van der Waals surface area contributed by atoms with Gasteiger partial charge in [0.1, 0.15) is 5.82 Å². The number of nitrogens with one attached hydrogen (secondary N) is 2. The summed E-state index contributed by atoms with van der Waals surface area (Å²) in [4.78, 5) is 19.8. The molecule has 1 amide bonds. The molecule has 2 unspecified atom stereocenters. The number of hydrogen-bond donors (Lipinski definition) is 2. The van der Waals surface area contributed by atoms with Crippen LogP contribution in [-0.2, 0) is 4.79 Å². The fourth-order valence-electron chi connectivity index (χ4n) is 2.03. The van der Waals surface area contributed by atoms with Gasteiger partial charge >= 0.3 is 0 Å². The average Bonchev–Trinajstić information content (AvgIpc) is 2.29. The molecule has 1 aromatic heterocycles. The first-order chi connectivity index (χ1) is 8.16. The second kappa shape index (κ2) is 5.42. The van der Waals surface area contributed by atoms with Crippen LogP contribution in [0.15, 0.2) is 12.3 Å². The molecule has 6 heteroatoms. The molecule has 2 N–H and O–H groups in total. The molecular formula is C11H15ClN4O. The van der Waals surface area contributed by atoms with Crippen LogP contribution < -0.4 is 10.6 Å². The largest absolute Gasteiger partial charge is 0.316 e. The van der Waals surface area contributed by atoms with Crippen LogP contribution in [0.1, 0.15) is 13.3 Å². The third kappa shape index (κ3) is 3.14. The summed E-state index contributed by atoms with van der Waals surface area (Å²) in [5.41, 5.74) is 0. The van der Waals surface area contributed by atoms with Gasteiger partial charge in [0.2, 0.25) is 11.2 Å². The van der Waals surface area contributed by atoms with E-state index in [1.807, 2.05) is 0 Å². The lowest BCUT2D eigenvalue weighted by Gasteiger charge is -2.28. The van der Waals surface area contributed by atoms with Crippen LogP contribution >= 0.6 is 11.6 Å². The number of carbonyl (C=O) groups excluding carboxylic acids is 1. The number of amides is 1. The molecule has 1 fully saturated rings.